The van der Waals surface area contributed by atoms with Crippen LogP contribution in [-0.4, -0.2) is 110 Å². The highest BCUT2D eigenvalue weighted by atomic mass is 16.5. The van der Waals surface area contributed by atoms with Crippen LogP contribution in [0.4, 0.5) is 11.4 Å². The predicted molar refractivity (Wildman–Crippen MR) is 236 cm³/mol. The fourth-order valence-electron chi connectivity index (χ4n) is 11.3. The van der Waals surface area contributed by atoms with E-state index in [1.54, 1.807) is 12.0 Å². The second-order valence-corrected chi connectivity index (χ2v) is 18.3. The highest BCUT2D eigenvalue weighted by Crippen LogP contribution is 2.50. The SMILES string of the molecule is CN1CCN2c3cc4c(cc3OCC2C1)C(=O)N(C1CCC(=O)NC1=O)C4.COc1cc(N2CCC3(CCCO3)CC2)ccc1C1c2ccc(O)cc2CCC1c1ccccc1. The Bertz CT molecular complexity index is 2350. The Hall–Kier alpha value is -5.59. The minimum absolute atomic E-state index is 0.126. The summed E-state index contributed by atoms with van der Waals surface area (Å²) in [4.78, 5) is 45.3. The molecular weight excluding hydrogens is 783 g/mol. The van der Waals surface area contributed by atoms with Crippen LogP contribution in [0.5, 0.6) is 17.2 Å². The molecule has 12 nitrogen and oxygen atoms in total. The molecule has 2 N–H and O–H groups in total. The number of nitrogens with zero attached hydrogens (tertiary/aromatic N) is 4. The van der Waals surface area contributed by atoms with Crippen molar-refractivity contribution >= 4 is 29.1 Å². The number of aromatic hydroxyl groups is 1. The molecule has 12 heteroatoms. The van der Waals surface area contributed by atoms with Crippen molar-refractivity contribution in [2.75, 3.05) is 69.9 Å². The van der Waals surface area contributed by atoms with Gasteiger partial charge in [0.15, 0.2) is 0 Å². The average molecular weight is 840 g/mol. The summed E-state index contributed by atoms with van der Waals surface area (Å²) in [6, 6.07) is 27.1. The summed E-state index contributed by atoms with van der Waals surface area (Å²) in [6.45, 7) is 6.87. The summed E-state index contributed by atoms with van der Waals surface area (Å²) in [5, 5.41) is 12.5. The molecule has 0 aromatic heterocycles. The van der Waals surface area contributed by atoms with Crippen molar-refractivity contribution in [2.45, 2.75) is 87.4 Å². The zero-order valence-corrected chi connectivity index (χ0v) is 35.8. The maximum Gasteiger partial charge on any atom is 0.255 e. The Labute approximate surface area is 363 Å². The second-order valence-electron chi connectivity index (χ2n) is 18.3. The van der Waals surface area contributed by atoms with E-state index in [1.165, 1.54) is 40.8 Å². The number of imide groups is 1. The summed E-state index contributed by atoms with van der Waals surface area (Å²) in [5.41, 5.74) is 9.05. The van der Waals surface area contributed by atoms with Crippen molar-refractivity contribution in [3.05, 3.63) is 112 Å². The number of phenolic OH excluding ortho intramolecular Hbond substituents is 1. The largest absolute Gasteiger partial charge is 0.508 e. The lowest BCUT2D eigenvalue weighted by molar-refractivity contribution is -0.136. The number of piperazine rings is 1. The Balaban J connectivity index is 0.000000153. The average Bonchev–Trinajstić information content (AvgIpc) is 3.88. The molecule has 6 aliphatic heterocycles. The van der Waals surface area contributed by atoms with Gasteiger partial charge in [-0.3, -0.25) is 19.7 Å². The van der Waals surface area contributed by atoms with Gasteiger partial charge in [0.25, 0.3) is 5.91 Å². The molecule has 0 radical (unpaired) electrons. The molecule has 324 valence electrons. The van der Waals surface area contributed by atoms with Crippen molar-refractivity contribution in [3.8, 4) is 17.2 Å². The third-order valence-electron chi connectivity index (χ3n) is 14.6. The number of nitrogens with one attached hydrogen (secondary N) is 1. The van der Waals surface area contributed by atoms with Crippen molar-refractivity contribution < 1.29 is 33.7 Å². The quantitative estimate of drug-likeness (QED) is 0.219. The molecule has 4 aromatic rings. The van der Waals surface area contributed by atoms with E-state index in [-0.39, 0.29) is 35.7 Å². The van der Waals surface area contributed by atoms with Gasteiger partial charge in [0.2, 0.25) is 11.8 Å². The second kappa shape index (κ2) is 16.6. The molecule has 0 bridgehead atoms. The minimum Gasteiger partial charge on any atom is -0.508 e. The van der Waals surface area contributed by atoms with E-state index in [0.717, 1.165) is 87.8 Å². The van der Waals surface area contributed by atoms with Crippen molar-refractivity contribution in [2.24, 2.45) is 0 Å². The summed E-state index contributed by atoms with van der Waals surface area (Å²) in [7, 11) is 3.91. The fraction of sp³-hybridized carbons (Fsp3) is 0.460. The van der Waals surface area contributed by atoms with Crippen molar-refractivity contribution in [3.63, 3.8) is 0 Å². The van der Waals surface area contributed by atoms with Crippen LogP contribution < -0.4 is 24.6 Å². The number of fused-ring (bicyclic) bond motifs is 5. The molecule has 11 rings (SSSR count). The van der Waals surface area contributed by atoms with E-state index in [2.05, 4.69) is 81.7 Å². The first-order valence-electron chi connectivity index (χ1n) is 22.5. The normalized spacial score (nSPS) is 25.2. The molecule has 4 saturated heterocycles. The van der Waals surface area contributed by atoms with Crippen molar-refractivity contribution in [1.29, 1.82) is 0 Å². The summed E-state index contributed by atoms with van der Waals surface area (Å²) in [5.74, 6) is 1.77. The molecule has 1 aliphatic carbocycles. The number of aryl methyl sites for hydroxylation is 1. The number of carbonyl (C=O) groups is 3. The zero-order chi connectivity index (χ0) is 42.5. The number of amides is 3. The Morgan fingerprint density at radius 3 is 2.44 bits per heavy atom. The van der Waals surface area contributed by atoms with E-state index >= 15 is 0 Å². The third kappa shape index (κ3) is 7.55. The Morgan fingerprint density at radius 2 is 1.66 bits per heavy atom. The van der Waals surface area contributed by atoms with Gasteiger partial charge in [0, 0.05) is 81.1 Å². The van der Waals surface area contributed by atoms with Gasteiger partial charge in [0.1, 0.15) is 29.9 Å². The van der Waals surface area contributed by atoms with Crippen LogP contribution in [0.3, 0.4) is 0 Å². The van der Waals surface area contributed by atoms with Gasteiger partial charge in [-0.15, -0.1) is 0 Å². The Morgan fingerprint density at radius 1 is 0.839 bits per heavy atom. The minimum atomic E-state index is -0.586. The molecule has 0 saturated carbocycles. The topological polar surface area (TPSA) is 124 Å². The van der Waals surface area contributed by atoms with Gasteiger partial charge in [-0.25, -0.2) is 0 Å². The molecule has 4 fully saturated rings. The summed E-state index contributed by atoms with van der Waals surface area (Å²) >= 11 is 0. The van der Waals surface area contributed by atoms with Gasteiger partial charge in [-0.1, -0.05) is 42.5 Å². The molecule has 7 aliphatic rings. The molecule has 1 spiro atoms. The van der Waals surface area contributed by atoms with Crippen molar-refractivity contribution in [1.82, 2.24) is 15.1 Å². The number of rotatable bonds is 5. The smallest absolute Gasteiger partial charge is 0.255 e. The number of carbonyl (C=O) groups excluding carboxylic acids is 3. The first-order valence-corrected chi connectivity index (χ1v) is 22.5. The fourth-order valence-corrected chi connectivity index (χ4v) is 11.3. The number of methoxy groups -OCH3 is 1. The number of likely N-dealkylation sites (N-methyl/N-ethyl adjacent to an activating group) is 1. The van der Waals surface area contributed by atoms with Gasteiger partial charge in [-0.2, -0.15) is 0 Å². The standard InChI is InChI=1S/C31H35NO3.C19H22N4O4/c1-34-29-21-24(32-17-15-31(16-18-32)14-5-19-35-31)9-12-28(29)30-26(22-6-3-2-4-7-22)11-8-23-20-25(33)10-13-27(23)30;1-21-4-5-22-12(9-21)10-27-16-7-13-11(6-15(16)22)8-23(19(13)26)14-2-3-17(24)20-18(14)25/h2-4,6-7,9-10,12-13,20-21,26,30,33H,5,8,11,14-19H2,1H3;6-7,12,14H,2-5,8-10H2,1H3,(H,20,24,25). The highest BCUT2D eigenvalue weighted by Gasteiger charge is 2.42. The van der Waals surface area contributed by atoms with Crippen LogP contribution in [0.2, 0.25) is 0 Å². The van der Waals surface area contributed by atoms with Crippen LogP contribution in [-0.2, 0) is 27.3 Å². The number of hydrogen-bond acceptors (Lipinski definition) is 10. The molecule has 4 unspecified atom stereocenters. The van der Waals surface area contributed by atoms with E-state index in [4.69, 9.17) is 14.2 Å². The maximum absolute atomic E-state index is 12.9. The Kier molecular flexibility index (Phi) is 10.8. The van der Waals surface area contributed by atoms with E-state index in [0.29, 0.717) is 42.8 Å². The molecule has 4 aromatic carbocycles. The third-order valence-corrected chi connectivity index (χ3v) is 14.6. The van der Waals surface area contributed by atoms with Crippen LogP contribution in [0.25, 0.3) is 0 Å². The van der Waals surface area contributed by atoms with Crippen LogP contribution >= 0.6 is 0 Å². The van der Waals surface area contributed by atoms with E-state index in [9.17, 15) is 19.5 Å². The number of piperidine rings is 2. The monoisotopic (exact) mass is 839 g/mol. The number of ether oxygens (including phenoxy) is 3. The number of anilines is 2. The molecule has 3 amide bonds. The molecular formula is C50H57N5O7. The van der Waals surface area contributed by atoms with Gasteiger partial charge >= 0.3 is 0 Å². The first-order chi connectivity index (χ1) is 30.2. The van der Waals surface area contributed by atoms with E-state index < -0.39 is 6.04 Å². The lowest BCUT2D eigenvalue weighted by Gasteiger charge is -2.44. The maximum atomic E-state index is 12.9. The van der Waals surface area contributed by atoms with Gasteiger partial charge < -0.3 is 38.9 Å². The highest BCUT2D eigenvalue weighted by molar-refractivity contribution is 6.06. The van der Waals surface area contributed by atoms with Gasteiger partial charge in [-0.05, 0) is 110 Å². The lowest BCUT2D eigenvalue weighted by Crippen LogP contribution is -2.56. The molecule has 4 atom stereocenters. The van der Waals surface area contributed by atoms with Crippen LogP contribution in [0, 0.1) is 0 Å². The van der Waals surface area contributed by atoms with Gasteiger partial charge in [0.05, 0.1) is 24.4 Å². The molecule has 6 heterocycles. The lowest BCUT2D eigenvalue weighted by atomic mass is 9.69. The summed E-state index contributed by atoms with van der Waals surface area (Å²) < 4.78 is 18.1. The van der Waals surface area contributed by atoms with Crippen LogP contribution in [0.15, 0.2) is 78.9 Å². The first kappa shape index (κ1) is 40.5. The number of hydrogen-bond donors (Lipinski definition) is 2. The zero-order valence-electron chi connectivity index (χ0n) is 35.8. The van der Waals surface area contributed by atoms with E-state index in [1.807, 2.05) is 24.3 Å². The van der Waals surface area contributed by atoms with Crippen LogP contribution in [0.1, 0.15) is 95.0 Å². The number of phenols is 1. The summed E-state index contributed by atoms with van der Waals surface area (Å²) in [6.07, 6.45) is 7.27. The predicted octanol–water partition coefficient (Wildman–Crippen LogP) is 6.37. The molecule has 62 heavy (non-hydrogen) atoms. The number of benzene rings is 4.